The highest BCUT2D eigenvalue weighted by Crippen LogP contribution is 2.42. The van der Waals surface area contributed by atoms with E-state index in [9.17, 15) is 4.79 Å². The van der Waals surface area contributed by atoms with Crippen LogP contribution in [-0.4, -0.2) is 11.4 Å². The molecule has 1 fully saturated rings. The van der Waals surface area contributed by atoms with Crippen molar-refractivity contribution < 1.29 is 4.79 Å². The summed E-state index contributed by atoms with van der Waals surface area (Å²) in [5.74, 6) is 0.317. The minimum atomic E-state index is -0.157. The highest BCUT2D eigenvalue weighted by atomic mass is 16.1. The lowest BCUT2D eigenvalue weighted by Gasteiger charge is -2.47. The molecule has 0 unspecified atom stereocenters. The Kier molecular flexibility index (Phi) is 5.29. The van der Waals surface area contributed by atoms with Gasteiger partial charge >= 0.3 is 0 Å². The highest BCUT2D eigenvalue weighted by Gasteiger charge is 2.42. The minimum absolute atomic E-state index is 0.0734. The van der Waals surface area contributed by atoms with Crippen LogP contribution in [0.15, 0.2) is 24.3 Å². The molecule has 0 bridgehead atoms. The Morgan fingerprint density at radius 2 is 1.92 bits per heavy atom. The molecular weight excluding hydrogens is 296 g/mol. The van der Waals surface area contributed by atoms with Gasteiger partial charge in [0.2, 0.25) is 5.91 Å². The van der Waals surface area contributed by atoms with Gasteiger partial charge in [0.25, 0.3) is 0 Å². The van der Waals surface area contributed by atoms with E-state index in [2.05, 4.69) is 43.4 Å². The van der Waals surface area contributed by atoms with Crippen LogP contribution in [0.25, 0.3) is 0 Å². The normalized spacial score (nSPS) is 23.9. The molecule has 0 saturated heterocycles. The Morgan fingerprint density at radius 3 is 2.58 bits per heavy atom. The molecule has 3 nitrogen and oxygen atoms in total. The molecule has 1 aliphatic heterocycles. The number of hydrogen-bond acceptors (Lipinski definition) is 2. The fraction of sp³-hybridized carbons (Fsp3) is 0.667. The fourth-order valence-electron chi connectivity index (χ4n) is 4.67. The van der Waals surface area contributed by atoms with E-state index >= 15 is 0 Å². The maximum atomic E-state index is 12.3. The third-order valence-electron chi connectivity index (χ3n) is 6.01. The average molecular weight is 328 g/mol. The first kappa shape index (κ1) is 17.5. The lowest BCUT2D eigenvalue weighted by atomic mass is 9.70. The quantitative estimate of drug-likeness (QED) is 0.854. The number of nitrogens with two attached hydrogens (primary N) is 1. The first-order valence-corrected chi connectivity index (χ1v) is 9.65. The van der Waals surface area contributed by atoms with Gasteiger partial charge in [-0.25, -0.2) is 0 Å². The molecule has 0 radical (unpaired) electrons. The van der Waals surface area contributed by atoms with E-state index in [1.165, 1.54) is 43.2 Å². The van der Waals surface area contributed by atoms with Crippen LogP contribution in [-0.2, 0) is 11.2 Å². The summed E-state index contributed by atoms with van der Waals surface area (Å²) in [6.07, 6.45) is 9.35. The predicted molar refractivity (Wildman–Crippen MR) is 98.6 cm³/mol. The van der Waals surface area contributed by atoms with Crippen molar-refractivity contribution in [2.45, 2.75) is 76.8 Å². The van der Waals surface area contributed by atoms with E-state index in [0.717, 1.165) is 19.3 Å². The van der Waals surface area contributed by atoms with Crippen LogP contribution in [0.1, 0.15) is 76.0 Å². The van der Waals surface area contributed by atoms with Crippen molar-refractivity contribution >= 4 is 5.91 Å². The Labute approximate surface area is 146 Å². The topological polar surface area (TPSA) is 55.1 Å². The smallest absolute Gasteiger partial charge is 0.222 e. The van der Waals surface area contributed by atoms with Crippen LogP contribution in [0, 0.1) is 11.8 Å². The number of hydrogen-bond donors (Lipinski definition) is 2. The standard InChI is InChI=1S/C21H32N2O/c1-15(2)10-11-18(20(22)24)19-17-9-5-4-8-16(17)14-21(23-19)12-6-3-7-13-21/h4-5,8-9,15,18-19,23H,3,6-7,10-14H2,1-2H3,(H2,22,24)/t18-,19-/m1/s1. The van der Waals surface area contributed by atoms with Crippen LogP contribution in [0.2, 0.25) is 0 Å². The van der Waals surface area contributed by atoms with E-state index in [0.29, 0.717) is 5.92 Å². The summed E-state index contributed by atoms with van der Waals surface area (Å²) in [6, 6.07) is 8.73. The molecule has 1 aromatic carbocycles. The number of benzene rings is 1. The summed E-state index contributed by atoms with van der Waals surface area (Å²) in [4.78, 5) is 12.3. The second-order valence-electron chi connectivity index (χ2n) is 8.32. The van der Waals surface area contributed by atoms with Crippen LogP contribution >= 0.6 is 0 Å². The molecule has 2 aliphatic rings. The summed E-state index contributed by atoms with van der Waals surface area (Å²) in [5.41, 5.74) is 8.73. The lowest BCUT2D eigenvalue weighted by Crippen LogP contribution is -2.56. The summed E-state index contributed by atoms with van der Waals surface area (Å²) in [6.45, 7) is 4.42. The van der Waals surface area contributed by atoms with E-state index in [1.807, 2.05) is 0 Å². The average Bonchev–Trinajstić information content (AvgIpc) is 2.55. The number of nitrogens with one attached hydrogen (secondary N) is 1. The molecule has 132 valence electrons. The largest absolute Gasteiger partial charge is 0.369 e. The molecule has 3 N–H and O–H groups in total. The van der Waals surface area contributed by atoms with Crippen molar-refractivity contribution in [1.82, 2.24) is 5.32 Å². The number of primary amides is 1. The number of rotatable bonds is 5. The van der Waals surface area contributed by atoms with Crippen molar-refractivity contribution in [3.8, 4) is 0 Å². The van der Waals surface area contributed by atoms with Gasteiger partial charge in [0.05, 0.1) is 5.92 Å². The summed E-state index contributed by atoms with van der Waals surface area (Å²) in [7, 11) is 0. The third-order valence-corrected chi connectivity index (χ3v) is 6.01. The number of amides is 1. The van der Waals surface area contributed by atoms with Crippen molar-refractivity contribution in [2.75, 3.05) is 0 Å². The fourth-order valence-corrected chi connectivity index (χ4v) is 4.67. The maximum Gasteiger partial charge on any atom is 0.222 e. The van der Waals surface area contributed by atoms with Crippen molar-refractivity contribution in [3.63, 3.8) is 0 Å². The van der Waals surface area contributed by atoms with E-state index in [1.54, 1.807) is 0 Å². The lowest BCUT2D eigenvalue weighted by molar-refractivity contribution is -0.123. The Balaban J connectivity index is 1.92. The highest BCUT2D eigenvalue weighted by molar-refractivity contribution is 5.78. The molecule has 1 amide bonds. The molecular formula is C21H32N2O. The molecule has 1 aliphatic carbocycles. The van der Waals surface area contributed by atoms with Crippen molar-refractivity contribution in [3.05, 3.63) is 35.4 Å². The SMILES string of the molecule is CC(C)CC[C@@H](C(N)=O)[C@@H]1NC2(CCCCC2)Cc2ccccc21. The van der Waals surface area contributed by atoms with Crippen LogP contribution < -0.4 is 11.1 Å². The summed E-state index contributed by atoms with van der Waals surface area (Å²) < 4.78 is 0. The second kappa shape index (κ2) is 7.26. The van der Waals surface area contributed by atoms with Gasteiger partial charge in [-0.2, -0.15) is 0 Å². The van der Waals surface area contributed by atoms with Gasteiger partial charge in [-0.3, -0.25) is 4.79 Å². The van der Waals surface area contributed by atoms with Gasteiger partial charge in [0, 0.05) is 11.6 Å². The summed E-state index contributed by atoms with van der Waals surface area (Å²) >= 11 is 0. The first-order valence-electron chi connectivity index (χ1n) is 9.65. The molecule has 1 aromatic rings. The number of carbonyl (C=O) groups excluding carboxylic acids is 1. The molecule has 1 spiro atoms. The Bertz CT molecular complexity index is 575. The monoisotopic (exact) mass is 328 g/mol. The zero-order valence-electron chi connectivity index (χ0n) is 15.2. The molecule has 2 atom stereocenters. The van der Waals surface area contributed by atoms with E-state index < -0.39 is 0 Å². The van der Waals surface area contributed by atoms with Crippen LogP contribution in [0.5, 0.6) is 0 Å². The van der Waals surface area contributed by atoms with Gasteiger partial charge in [-0.15, -0.1) is 0 Å². The maximum absolute atomic E-state index is 12.3. The van der Waals surface area contributed by atoms with Gasteiger partial charge in [-0.1, -0.05) is 63.8 Å². The van der Waals surface area contributed by atoms with Crippen molar-refractivity contribution in [1.29, 1.82) is 0 Å². The molecule has 3 heteroatoms. The number of fused-ring (bicyclic) bond motifs is 1. The first-order chi connectivity index (χ1) is 11.5. The molecule has 1 heterocycles. The van der Waals surface area contributed by atoms with Crippen LogP contribution in [0.3, 0.4) is 0 Å². The third kappa shape index (κ3) is 3.66. The van der Waals surface area contributed by atoms with Gasteiger partial charge in [0.15, 0.2) is 0 Å². The van der Waals surface area contributed by atoms with E-state index in [4.69, 9.17) is 5.73 Å². The Morgan fingerprint density at radius 1 is 1.21 bits per heavy atom. The van der Waals surface area contributed by atoms with E-state index in [-0.39, 0.29) is 23.4 Å². The molecule has 1 saturated carbocycles. The molecule has 0 aromatic heterocycles. The zero-order chi connectivity index (χ0) is 17.2. The molecule has 24 heavy (non-hydrogen) atoms. The molecule has 3 rings (SSSR count). The number of carbonyl (C=O) groups is 1. The van der Waals surface area contributed by atoms with Gasteiger partial charge in [0.1, 0.15) is 0 Å². The predicted octanol–water partition coefficient (Wildman–Crippen LogP) is 4.11. The Hall–Kier alpha value is -1.35. The van der Waals surface area contributed by atoms with Crippen LogP contribution in [0.4, 0.5) is 0 Å². The minimum Gasteiger partial charge on any atom is -0.369 e. The van der Waals surface area contributed by atoms with Crippen molar-refractivity contribution in [2.24, 2.45) is 17.6 Å². The van der Waals surface area contributed by atoms with Gasteiger partial charge < -0.3 is 11.1 Å². The zero-order valence-corrected chi connectivity index (χ0v) is 15.2. The van der Waals surface area contributed by atoms with Gasteiger partial charge in [-0.05, 0) is 42.7 Å². The second-order valence-corrected chi connectivity index (χ2v) is 8.32. The summed E-state index contributed by atoms with van der Waals surface area (Å²) in [5, 5.41) is 3.93.